The topological polar surface area (TPSA) is 62.5 Å². The number of thioether (sulfide) groups is 1. The number of nitrogens with zero attached hydrogens (tertiary/aromatic N) is 2. The molecule has 2 amide bonds. The van der Waals surface area contributed by atoms with Gasteiger partial charge in [0.1, 0.15) is 5.75 Å². The molecule has 0 spiro atoms. The molecule has 0 radical (unpaired) electrons. The summed E-state index contributed by atoms with van der Waals surface area (Å²) in [5.74, 6) is -0.143. The second-order valence-corrected chi connectivity index (χ2v) is 6.67. The highest BCUT2D eigenvalue weighted by atomic mass is 32.2. The van der Waals surface area contributed by atoms with E-state index < -0.39 is 0 Å². The molecule has 1 saturated heterocycles. The number of aromatic hydroxyl groups is 1. The van der Waals surface area contributed by atoms with Crippen molar-refractivity contribution in [2.75, 3.05) is 4.90 Å². The van der Waals surface area contributed by atoms with Gasteiger partial charge in [0.2, 0.25) is 0 Å². The monoisotopic (exact) mass is 362 g/mol. The van der Waals surface area contributed by atoms with Gasteiger partial charge in [0, 0.05) is 17.6 Å². The molecular weight excluding hydrogens is 348 g/mol. The zero-order valence-electron chi connectivity index (χ0n) is 13.6. The second-order valence-electron chi connectivity index (χ2n) is 5.67. The lowest BCUT2D eigenvalue weighted by Gasteiger charge is -2.11. The largest absolute Gasteiger partial charge is 0.508 e. The zero-order chi connectivity index (χ0) is 18.1. The maximum absolute atomic E-state index is 12.7. The van der Waals surface area contributed by atoms with Gasteiger partial charge >= 0.3 is 0 Å². The molecule has 0 aliphatic carbocycles. The molecule has 1 aromatic heterocycles. The molecule has 1 aliphatic rings. The van der Waals surface area contributed by atoms with Crippen LogP contribution in [0.4, 0.5) is 10.5 Å². The molecule has 1 fully saturated rings. The molecule has 128 valence electrons. The third kappa shape index (κ3) is 2.91. The number of phenolic OH excluding ortho intramolecular Hbond substituents is 1. The first-order chi connectivity index (χ1) is 12.6. The molecule has 2 aromatic carbocycles. The normalized spacial score (nSPS) is 15.8. The molecule has 0 unspecified atom stereocenters. The summed E-state index contributed by atoms with van der Waals surface area (Å²) in [6.07, 6.45) is 3.57. The Morgan fingerprint density at radius 2 is 1.58 bits per heavy atom. The maximum Gasteiger partial charge on any atom is 0.298 e. The summed E-state index contributed by atoms with van der Waals surface area (Å²) in [5, 5.41) is 9.13. The fourth-order valence-electron chi connectivity index (χ4n) is 2.76. The number of aromatic nitrogens is 1. The van der Waals surface area contributed by atoms with E-state index in [1.54, 1.807) is 54.6 Å². The maximum atomic E-state index is 12.7. The molecule has 2 heterocycles. The Morgan fingerprint density at radius 1 is 0.846 bits per heavy atom. The summed E-state index contributed by atoms with van der Waals surface area (Å²) in [5.41, 5.74) is 2.18. The van der Waals surface area contributed by atoms with E-state index in [4.69, 9.17) is 0 Å². The zero-order valence-corrected chi connectivity index (χ0v) is 14.4. The van der Waals surface area contributed by atoms with Crippen molar-refractivity contribution < 1.29 is 14.7 Å². The van der Waals surface area contributed by atoms with Gasteiger partial charge in [-0.25, -0.2) is 4.90 Å². The van der Waals surface area contributed by atoms with Crippen molar-refractivity contribution in [3.63, 3.8) is 0 Å². The van der Waals surface area contributed by atoms with Gasteiger partial charge in [0.05, 0.1) is 10.6 Å². The first-order valence-electron chi connectivity index (χ1n) is 7.93. The second kappa shape index (κ2) is 6.57. The minimum atomic E-state index is -0.329. The highest BCUT2D eigenvalue weighted by Crippen LogP contribution is 2.35. The van der Waals surface area contributed by atoms with Crippen LogP contribution in [0.1, 0.15) is 5.69 Å². The van der Waals surface area contributed by atoms with E-state index in [2.05, 4.69) is 0 Å². The highest BCUT2D eigenvalue weighted by Gasteiger charge is 2.36. The van der Waals surface area contributed by atoms with E-state index in [-0.39, 0.29) is 16.9 Å². The lowest BCUT2D eigenvalue weighted by Crippen LogP contribution is -2.27. The Hall–Kier alpha value is -3.25. The summed E-state index contributed by atoms with van der Waals surface area (Å²) in [6.45, 7) is 0. The average molecular weight is 362 g/mol. The molecule has 26 heavy (non-hydrogen) atoms. The van der Waals surface area contributed by atoms with E-state index >= 15 is 0 Å². The van der Waals surface area contributed by atoms with Crippen LogP contribution in [0, 0.1) is 0 Å². The summed E-state index contributed by atoms with van der Waals surface area (Å²) >= 11 is 0.926. The fourth-order valence-corrected chi connectivity index (χ4v) is 3.59. The molecule has 1 N–H and O–H groups in total. The summed E-state index contributed by atoms with van der Waals surface area (Å²) in [6, 6.07) is 19.4. The first-order valence-corrected chi connectivity index (χ1v) is 8.75. The molecule has 5 nitrogen and oxygen atoms in total. The first kappa shape index (κ1) is 16.2. The molecule has 6 heteroatoms. The number of hydrogen-bond donors (Lipinski definition) is 1. The molecule has 1 aliphatic heterocycles. The van der Waals surface area contributed by atoms with Gasteiger partial charge < -0.3 is 9.67 Å². The number of hydrogen-bond acceptors (Lipinski definition) is 4. The van der Waals surface area contributed by atoms with Crippen LogP contribution in [0.3, 0.4) is 0 Å². The number of carbonyl (C=O) groups excluding carboxylic acids is 2. The van der Waals surface area contributed by atoms with Crippen molar-refractivity contribution in [1.82, 2.24) is 4.57 Å². The number of phenols is 1. The van der Waals surface area contributed by atoms with Crippen LogP contribution in [-0.4, -0.2) is 20.8 Å². The Kier molecular flexibility index (Phi) is 4.10. The van der Waals surface area contributed by atoms with Crippen molar-refractivity contribution in [1.29, 1.82) is 0 Å². The van der Waals surface area contributed by atoms with Gasteiger partial charge in [0.15, 0.2) is 0 Å². The number of imide groups is 1. The Bertz CT molecular complexity index is 1010. The van der Waals surface area contributed by atoms with E-state index in [9.17, 15) is 14.7 Å². The van der Waals surface area contributed by atoms with Crippen molar-refractivity contribution in [2.24, 2.45) is 0 Å². The van der Waals surface area contributed by atoms with Gasteiger partial charge in [-0.3, -0.25) is 9.59 Å². The van der Waals surface area contributed by atoms with Gasteiger partial charge in [-0.2, -0.15) is 0 Å². The number of carbonyl (C=O) groups is 2. The van der Waals surface area contributed by atoms with Gasteiger partial charge in [-0.15, -0.1) is 0 Å². The quantitative estimate of drug-likeness (QED) is 0.701. The third-order valence-corrected chi connectivity index (χ3v) is 4.86. The number of anilines is 1. The number of para-hydroxylation sites is 1. The molecule has 0 saturated carbocycles. The van der Waals surface area contributed by atoms with Crippen molar-refractivity contribution in [3.05, 3.63) is 83.5 Å². The summed E-state index contributed by atoms with van der Waals surface area (Å²) < 4.78 is 1.88. The predicted molar refractivity (Wildman–Crippen MR) is 102 cm³/mol. The predicted octanol–water partition coefficient (Wildman–Crippen LogP) is 4.42. The van der Waals surface area contributed by atoms with Crippen LogP contribution in [0.2, 0.25) is 0 Å². The molecule has 4 rings (SSSR count). The smallest absolute Gasteiger partial charge is 0.298 e. The third-order valence-electron chi connectivity index (χ3n) is 4.00. The Labute approximate surface area is 154 Å². The van der Waals surface area contributed by atoms with Gasteiger partial charge in [-0.1, -0.05) is 18.2 Å². The number of rotatable bonds is 3. The SMILES string of the molecule is O=C1S/C(=C/c2cccn2-c2ccc(O)cc2)C(=O)N1c1ccccc1. The minimum absolute atomic E-state index is 0.187. The Balaban J connectivity index is 1.68. The van der Waals surface area contributed by atoms with Crippen molar-refractivity contribution in [2.45, 2.75) is 0 Å². The number of amides is 2. The van der Waals surface area contributed by atoms with Crippen LogP contribution >= 0.6 is 11.8 Å². The van der Waals surface area contributed by atoms with Gasteiger partial charge in [-0.05, 0) is 66.4 Å². The average Bonchev–Trinajstić information content (AvgIpc) is 3.21. The van der Waals surface area contributed by atoms with E-state index in [0.717, 1.165) is 23.1 Å². The van der Waals surface area contributed by atoms with Gasteiger partial charge in [0.25, 0.3) is 11.1 Å². The molecule has 0 atom stereocenters. The van der Waals surface area contributed by atoms with Crippen LogP contribution in [0.15, 0.2) is 77.8 Å². The lowest BCUT2D eigenvalue weighted by molar-refractivity contribution is -0.113. The van der Waals surface area contributed by atoms with E-state index in [1.165, 1.54) is 4.90 Å². The minimum Gasteiger partial charge on any atom is -0.508 e. The number of benzene rings is 2. The van der Waals surface area contributed by atoms with Crippen LogP contribution < -0.4 is 4.90 Å². The van der Waals surface area contributed by atoms with E-state index in [1.807, 2.05) is 29.0 Å². The van der Waals surface area contributed by atoms with Crippen LogP contribution in [0.5, 0.6) is 5.75 Å². The van der Waals surface area contributed by atoms with E-state index in [0.29, 0.717) is 10.6 Å². The standard InChI is InChI=1S/C20H14N2O3S/c23-17-10-8-14(9-11-17)21-12-4-7-16(21)13-18-19(24)22(20(25)26-18)15-5-2-1-3-6-15/h1-13,23H/b18-13+. The van der Waals surface area contributed by atoms with Crippen LogP contribution in [0.25, 0.3) is 11.8 Å². The van der Waals surface area contributed by atoms with Crippen molar-refractivity contribution >= 4 is 34.7 Å². The fraction of sp³-hybridized carbons (Fsp3) is 0. The Morgan fingerprint density at radius 3 is 2.31 bits per heavy atom. The molecular formula is C20H14N2O3S. The summed E-state index contributed by atoms with van der Waals surface area (Å²) in [7, 11) is 0. The lowest BCUT2D eigenvalue weighted by atomic mass is 10.2. The molecule has 3 aromatic rings. The highest BCUT2D eigenvalue weighted by molar-refractivity contribution is 8.19. The van der Waals surface area contributed by atoms with Crippen molar-refractivity contribution in [3.8, 4) is 11.4 Å². The van der Waals surface area contributed by atoms with Crippen LogP contribution in [-0.2, 0) is 4.79 Å². The molecule has 0 bridgehead atoms. The summed E-state index contributed by atoms with van der Waals surface area (Å²) in [4.78, 5) is 26.6.